The molecule has 194 valence electrons. The Kier molecular flexibility index (Phi) is 6.45. The van der Waals surface area contributed by atoms with Gasteiger partial charge in [-0.2, -0.15) is 13.2 Å². The van der Waals surface area contributed by atoms with Crippen molar-refractivity contribution in [3.8, 4) is 0 Å². The van der Waals surface area contributed by atoms with Crippen molar-refractivity contribution >= 4 is 32.8 Å². The van der Waals surface area contributed by atoms with E-state index in [0.717, 1.165) is 19.6 Å². The maximum atomic E-state index is 13.7. The fourth-order valence-corrected chi connectivity index (χ4v) is 5.42. The highest BCUT2D eigenvalue weighted by Gasteiger charge is 2.41. The van der Waals surface area contributed by atoms with Gasteiger partial charge in [-0.1, -0.05) is 13.8 Å². The van der Waals surface area contributed by atoms with Crippen LogP contribution in [0, 0.1) is 5.92 Å². The molecule has 14 heteroatoms. The molecule has 2 aromatic heterocycles. The van der Waals surface area contributed by atoms with E-state index in [1.807, 2.05) is 18.4 Å². The summed E-state index contributed by atoms with van der Waals surface area (Å²) in [7, 11) is -2.66. The number of halogens is 3. The van der Waals surface area contributed by atoms with E-state index in [1.54, 1.807) is 4.90 Å². The van der Waals surface area contributed by atoms with Crippen molar-refractivity contribution in [1.82, 2.24) is 19.5 Å². The number of benzene rings is 1. The van der Waals surface area contributed by atoms with Crippen LogP contribution in [0.2, 0.25) is 0 Å². The van der Waals surface area contributed by atoms with Gasteiger partial charge in [0.1, 0.15) is 11.4 Å². The SMILES string of the molecule is COC(=O)c1cnc(N2CCn3c(nc4cc(CO)c(S(C)(=O)=O)cc43)C2C(C)C)nc1C(F)(F)F. The van der Waals surface area contributed by atoms with Crippen LogP contribution in [-0.4, -0.2) is 58.9 Å². The summed E-state index contributed by atoms with van der Waals surface area (Å²) >= 11 is 0. The lowest BCUT2D eigenvalue weighted by molar-refractivity contribution is -0.141. The first-order valence-corrected chi connectivity index (χ1v) is 12.8. The molecule has 1 aliphatic rings. The third-order valence-corrected chi connectivity index (χ3v) is 7.21. The number of aliphatic hydroxyl groups excluding tert-OH is 1. The normalized spacial score (nSPS) is 16.5. The Morgan fingerprint density at radius 2 is 1.94 bits per heavy atom. The summed E-state index contributed by atoms with van der Waals surface area (Å²) in [5.41, 5.74) is -0.997. The van der Waals surface area contributed by atoms with E-state index in [9.17, 15) is 31.5 Å². The first kappa shape index (κ1) is 25.8. The summed E-state index contributed by atoms with van der Waals surface area (Å²) in [6.45, 7) is 3.69. The molecule has 0 bridgehead atoms. The monoisotopic (exact) mass is 527 g/mol. The molecular formula is C22H24F3N5O5S. The maximum absolute atomic E-state index is 13.7. The Labute approximate surface area is 204 Å². The second kappa shape index (κ2) is 9.00. The zero-order valence-corrected chi connectivity index (χ0v) is 20.7. The smallest absolute Gasteiger partial charge is 0.434 e. The van der Waals surface area contributed by atoms with Crippen molar-refractivity contribution in [2.75, 3.05) is 24.8 Å². The third-order valence-electron chi connectivity index (χ3n) is 6.03. The lowest BCUT2D eigenvalue weighted by Crippen LogP contribution is -2.42. The number of aromatic nitrogens is 4. The number of alkyl halides is 3. The molecule has 0 fully saturated rings. The molecule has 1 aliphatic heterocycles. The fourth-order valence-electron chi connectivity index (χ4n) is 4.50. The minimum atomic E-state index is -4.92. The number of fused-ring (bicyclic) bond motifs is 3. The molecule has 1 atom stereocenters. The molecule has 0 spiro atoms. The van der Waals surface area contributed by atoms with E-state index in [-0.39, 0.29) is 35.4 Å². The van der Waals surface area contributed by atoms with Crippen molar-refractivity contribution in [1.29, 1.82) is 0 Å². The Morgan fingerprint density at radius 1 is 1.25 bits per heavy atom. The zero-order chi connectivity index (χ0) is 26.6. The molecule has 1 unspecified atom stereocenters. The van der Waals surface area contributed by atoms with Gasteiger partial charge in [0, 0.05) is 25.5 Å². The van der Waals surface area contributed by atoms with E-state index >= 15 is 0 Å². The van der Waals surface area contributed by atoms with Gasteiger partial charge in [-0.05, 0) is 23.6 Å². The molecule has 0 aliphatic carbocycles. The predicted molar refractivity (Wildman–Crippen MR) is 122 cm³/mol. The number of aliphatic hydroxyl groups is 1. The molecular weight excluding hydrogens is 503 g/mol. The maximum Gasteiger partial charge on any atom is 0.434 e. The number of esters is 1. The van der Waals surface area contributed by atoms with E-state index in [0.29, 0.717) is 16.9 Å². The van der Waals surface area contributed by atoms with Crippen LogP contribution in [0.4, 0.5) is 19.1 Å². The number of anilines is 1. The molecule has 36 heavy (non-hydrogen) atoms. The van der Waals surface area contributed by atoms with Crippen molar-refractivity contribution in [2.45, 2.75) is 44.1 Å². The Balaban J connectivity index is 1.87. The Hall–Kier alpha value is -3.26. The lowest BCUT2D eigenvalue weighted by atomic mass is 10.00. The molecule has 10 nitrogen and oxygen atoms in total. The number of carbonyl (C=O) groups is 1. The number of hydrogen-bond acceptors (Lipinski definition) is 9. The minimum absolute atomic E-state index is 0.0136. The highest BCUT2D eigenvalue weighted by Crippen LogP contribution is 2.38. The lowest BCUT2D eigenvalue weighted by Gasteiger charge is -2.38. The van der Waals surface area contributed by atoms with Crippen LogP contribution in [0.3, 0.4) is 0 Å². The van der Waals surface area contributed by atoms with E-state index < -0.39 is 45.9 Å². The summed E-state index contributed by atoms with van der Waals surface area (Å²) in [4.78, 5) is 25.9. The highest BCUT2D eigenvalue weighted by molar-refractivity contribution is 7.90. The van der Waals surface area contributed by atoms with Gasteiger partial charge in [0.25, 0.3) is 0 Å². The van der Waals surface area contributed by atoms with Gasteiger partial charge >= 0.3 is 12.1 Å². The number of ether oxygens (including phenoxy) is 1. The average Bonchev–Trinajstić information content (AvgIpc) is 3.17. The highest BCUT2D eigenvalue weighted by atomic mass is 32.2. The first-order valence-electron chi connectivity index (χ1n) is 10.9. The summed E-state index contributed by atoms with van der Waals surface area (Å²) in [6.07, 6.45) is -3.06. The molecule has 0 radical (unpaired) electrons. The molecule has 1 N–H and O–H groups in total. The van der Waals surface area contributed by atoms with Gasteiger partial charge in [0.15, 0.2) is 15.5 Å². The molecule has 4 rings (SSSR count). The van der Waals surface area contributed by atoms with Crippen LogP contribution >= 0.6 is 0 Å². The van der Waals surface area contributed by atoms with Crippen LogP contribution in [0.5, 0.6) is 0 Å². The number of rotatable bonds is 5. The molecule has 0 amide bonds. The first-order chi connectivity index (χ1) is 16.8. The van der Waals surface area contributed by atoms with Gasteiger partial charge in [-0.3, -0.25) is 0 Å². The van der Waals surface area contributed by atoms with Crippen molar-refractivity contribution in [3.63, 3.8) is 0 Å². The molecule has 3 heterocycles. The largest absolute Gasteiger partial charge is 0.465 e. The second-order valence-corrected chi connectivity index (χ2v) is 10.8. The van der Waals surface area contributed by atoms with Crippen LogP contribution in [0.15, 0.2) is 23.2 Å². The topological polar surface area (TPSA) is 128 Å². The predicted octanol–water partition coefficient (Wildman–Crippen LogP) is 2.74. The fraction of sp³-hybridized carbons (Fsp3) is 0.455. The van der Waals surface area contributed by atoms with Crippen LogP contribution in [0.25, 0.3) is 11.0 Å². The second-order valence-electron chi connectivity index (χ2n) is 8.80. The van der Waals surface area contributed by atoms with E-state index in [1.165, 1.54) is 12.1 Å². The van der Waals surface area contributed by atoms with Gasteiger partial charge < -0.3 is 19.3 Å². The average molecular weight is 528 g/mol. The van der Waals surface area contributed by atoms with Crippen LogP contribution < -0.4 is 4.90 Å². The van der Waals surface area contributed by atoms with E-state index in [2.05, 4.69) is 19.7 Å². The Morgan fingerprint density at radius 3 is 2.50 bits per heavy atom. The summed E-state index contributed by atoms with van der Waals surface area (Å²) in [5, 5.41) is 9.70. The molecule has 0 saturated heterocycles. The molecule has 0 saturated carbocycles. The molecule has 1 aromatic carbocycles. The minimum Gasteiger partial charge on any atom is -0.465 e. The number of methoxy groups -OCH3 is 1. The number of carbonyl (C=O) groups excluding carboxylic acids is 1. The van der Waals surface area contributed by atoms with Gasteiger partial charge in [-0.15, -0.1) is 0 Å². The van der Waals surface area contributed by atoms with Crippen molar-refractivity contribution in [2.24, 2.45) is 5.92 Å². The quantitative estimate of drug-likeness (QED) is 0.498. The number of sulfone groups is 1. The number of nitrogens with zero attached hydrogens (tertiary/aromatic N) is 5. The van der Waals surface area contributed by atoms with Crippen molar-refractivity contribution in [3.05, 3.63) is 41.0 Å². The van der Waals surface area contributed by atoms with E-state index in [4.69, 9.17) is 0 Å². The zero-order valence-electron chi connectivity index (χ0n) is 19.9. The Bertz CT molecular complexity index is 1450. The standard InChI is InChI=1S/C22H24F3N5O5S/c1-11(2)17-19-27-14-7-12(10-31)16(36(4,33)34)8-15(14)29(19)5-6-30(17)21-26-9-13(20(32)35-3)18(28-21)22(23,24)25/h7-9,11,17,31H,5-6,10H2,1-4H3. The summed E-state index contributed by atoms with van der Waals surface area (Å²) in [6, 6.07) is 2.40. The number of imidazole rings is 1. The van der Waals surface area contributed by atoms with Crippen LogP contribution in [-0.2, 0) is 33.9 Å². The number of hydrogen-bond donors (Lipinski definition) is 1. The summed E-state index contributed by atoms with van der Waals surface area (Å²) in [5.74, 6) is -1.09. The van der Waals surface area contributed by atoms with Gasteiger partial charge in [0.05, 0.1) is 35.7 Å². The van der Waals surface area contributed by atoms with Gasteiger partial charge in [-0.25, -0.2) is 28.2 Å². The third kappa shape index (κ3) is 4.39. The molecule has 3 aromatic rings. The van der Waals surface area contributed by atoms with Crippen molar-refractivity contribution < 1.29 is 36.2 Å². The summed E-state index contributed by atoms with van der Waals surface area (Å²) < 4.78 is 72.0. The van der Waals surface area contributed by atoms with Crippen LogP contribution in [0.1, 0.15) is 47.3 Å². The van der Waals surface area contributed by atoms with Gasteiger partial charge in [0.2, 0.25) is 5.95 Å².